The summed E-state index contributed by atoms with van der Waals surface area (Å²) in [6.45, 7) is 11.9. The van der Waals surface area contributed by atoms with E-state index in [1.54, 1.807) is 0 Å². The molecule has 0 radical (unpaired) electrons. The highest BCUT2D eigenvalue weighted by Gasteiger charge is 2.19. The Hall–Kier alpha value is 0.270. The van der Waals surface area contributed by atoms with Gasteiger partial charge in [0.05, 0.1) is 0 Å². The molecule has 0 aromatic carbocycles. The normalized spacial score (nSPS) is 24.4. The molecule has 1 atom stereocenters. The Morgan fingerprint density at radius 1 is 1.47 bits per heavy atom. The minimum Gasteiger partial charge on any atom is -0.312 e. The largest absolute Gasteiger partial charge is 0.312 e. The van der Waals surface area contributed by atoms with E-state index in [1.165, 1.54) is 44.1 Å². The van der Waals surface area contributed by atoms with Gasteiger partial charge in [0.1, 0.15) is 0 Å². The highest BCUT2D eigenvalue weighted by molar-refractivity contribution is 7.99. The van der Waals surface area contributed by atoms with E-state index < -0.39 is 0 Å². The summed E-state index contributed by atoms with van der Waals surface area (Å²) in [7, 11) is 0. The molecule has 90 valence electrons. The van der Waals surface area contributed by atoms with E-state index in [-0.39, 0.29) is 0 Å². The van der Waals surface area contributed by atoms with Crippen molar-refractivity contribution in [3.63, 3.8) is 0 Å². The van der Waals surface area contributed by atoms with E-state index >= 15 is 0 Å². The smallest absolute Gasteiger partial charge is 0.0217 e. The summed E-state index contributed by atoms with van der Waals surface area (Å²) in [6.07, 6.45) is 1.31. The van der Waals surface area contributed by atoms with Crippen molar-refractivity contribution < 1.29 is 0 Å². The van der Waals surface area contributed by atoms with Gasteiger partial charge < -0.3 is 10.2 Å². The van der Waals surface area contributed by atoms with Gasteiger partial charge >= 0.3 is 0 Å². The van der Waals surface area contributed by atoms with Crippen molar-refractivity contribution >= 4 is 11.8 Å². The van der Waals surface area contributed by atoms with Gasteiger partial charge in [0.15, 0.2) is 0 Å². The molecule has 1 unspecified atom stereocenters. The summed E-state index contributed by atoms with van der Waals surface area (Å²) in [5.74, 6) is 3.30. The highest BCUT2D eigenvalue weighted by Crippen LogP contribution is 2.09. The van der Waals surface area contributed by atoms with Gasteiger partial charge in [0.25, 0.3) is 0 Å². The third-order valence-corrected chi connectivity index (χ3v) is 3.95. The van der Waals surface area contributed by atoms with Crippen LogP contribution in [0.3, 0.4) is 0 Å². The Labute approximate surface area is 99.2 Å². The molecule has 0 amide bonds. The quantitative estimate of drug-likeness (QED) is 0.728. The topological polar surface area (TPSA) is 15.3 Å². The molecule has 0 bridgehead atoms. The first-order valence-corrected chi connectivity index (χ1v) is 7.43. The Bertz CT molecular complexity index is 162. The van der Waals surface area contributed by atoms with Crippen LogP contribution in [0.5, 0.6) is 0 Å². The van der Waals surface area contributed by atoms with Crippen LogP contribution < -0.4 is 5.32 Å². The van der Waals surface area contributed by atoms with Crippen LogP contribution in [0, 0.1) is 5.92 Å². The maximum Gasteiger partial charge on any atom is 0.0217 e. The van der Waals surface area contributed by atoms with Crippen molar-refractivity contribution in [2.75, 3.05) is 37.7 Å². The molecule has 0 saturated carbocycles. The average molecular weight is 230 g/mol. The molecular formula is C12H26N2S. The molecule has 1 aliphatic rings. The lowest BCUT2D eigenvalue weighted by atomic mass is 10.0. The molecule has 1 heterocycles. The first-order valence-electron chi connectivity index (χ1n) is 6.27. The molecule has 1 saturated heterocycles. The average Bonchev–Trinajstić information content (AvgIpc) is 2.44. The Kier molecular flexibility index (Phi) is 6.69. The fourth-order valence-corrected chi connectivity index (χ4v) is 2.69. The van der Waals surface area contributed by atoms with Crippen LogP contribution in [-0.2, 0) is 0 Å². The van der Waals surface area contributed by atoms with E-state index in [4.69, 9.17) is 0 Å². The number of hydrogen-bond acceptors (Lipinski definition) is 3. The summed E-state index contributed by atoms with van der Waals surface area (Å²) in [5.41, 5.74) is 0. The molecule has 1 N–H and O–H groups in total. The molecule has 3 heteroatoms. The Balaban J connectivity index is 2.29. The zero-order valence-electron chi connectivity index (χ0n) is 10.5. The van der Waals surface area contributed by atoms with E-state index in [0.717, 1.165) is 5.92 Å². The number of thioether (sulfide) groups is 1. The summed E-state index contributed by atoms with van der Waals surface area (Å²) in [4.78, 5) is 2.63. The number of nitrogens with one attached hydrogen (secondary N) is 1. The first kappa shape index (κ1) is 13.3. The van der Waals surface area contributed by atoms with Gasteiger partial charge in [-0.2, -0.15) is 11.8 Å². The van der Waals surface area contributed by atoms with Crippen molar-refractivity contribution in [2.24, 2.45) is 5.92 Å². The lowest BCUT2D eigenvalue weighted by Gasteiger charge is -2.26. The van der Waals surface area contributed by atoms with Crippen LogP contribution in [0.4, 0.5) is 0 Å². The van der Waals surface area contributed by atoms with Gasteiger partial charge in [0, 0.05) is 24.9 Å². The summed E-state index contributed by atoms with van der Waals surface area (Å²) < 4.78 is 0. The second-order valence-electron chi connectivity index (χ2n) is 4.66. The molecule has 0 spiro atoms. The van der Waals surface area contributed by atoms with Crippen molar-refractivity contribution in [3.8, 4) is 0 Å². The SMILES string of the molecule is CCSCCN1CCCNC(C(C)C)C1. The summed E-state index contributed by atoms with van der Waals surface area (Å²) >= 11 is 2.06. The molecule has 1 rings (SSSR count). The van der Waals surface area contributed by atoms with Crippen LogP contribution in [0.15, 0.2) is 0 Å². The zero-order valence-corrected chi connectivity index (χ0v) is 11.3. The lowest BCUT2D eigenvalue weighted by Crippen LogP contribution is -2.41. The van der Waals surface area contributed by atoms with Gasteiger partial charge in [-0.3, -0.25) is 0 Å². The van der Waals surface area contributed by atoms with Crippen molar-refractivity contribution in [1.29, 1.82) is 0 Å². The van der Waals surface area contributed by atoms with Gasteiger partial charge in [-0.15, -0.1) is 0 Å². The van der Waals surface area contributed by atoms with Crippen molar-refractivity contribution in [1.82, 2.24) is 10.2 Å². The van der Waals surface area contributed by atoms with Crippen LogP contribution in [0.25, 0.3) is 0 Å². The van der Waals surface area contributed by atoms with Gasteiger partial charge in [-0.05, 0) is 31.2 Å². The minimum absolute atomic E-state index is 0.694. The minimum atomic E-state index is 0.694. The number of nitrogens with zero attached hydrogens (tertiary/aromatic N) is 1. The number of hydrogen-bond donors (Lipinski definition) is 1. The standard InChI is InChI=1S/C12H26N2S/c1-4-15-9-8-14-7-5-6-13-12(10-14)11(2)3/h11-13H,4-10H2,1-3H3. The molecule has 0 aromatic rings. The molecular weight excluding hydrogens is 204 g/mol. The van der Waals surface area contributed by atoms with E-state index in [2.05, 4.69) is 42.7 Å². The summed E-state index contributed by atoms with van der Waals surface area (Å²) in [6, 6.07) is 0.694. The van der Waals surface area contributed by atoms with Crippen LogP contribution >= 0.6 is 11.8 Å². The maximum atomic E-state index is 3.65. The predicted molar refractivity (Wildman–Crippen MR) is 70.7 cm³/mol. The lowest BCUT2D eigenvalue weighted by molar-refractivity contribution is 0.258. The van der Waals surface area contributed by atoms with Gasteiger partial charge in [-0.1, -0.05) is 20.8 Å². The third-order valence-electron chi connectivity index (χ3n) is 3.07. The van der Waals surface area contributed by atoms with Crippen molar-refractivity contribution in [3.05, 3.63) is 0 Å². The molecule has 0 aromatic heterocycles. The predicted octanol–water partition coefficient (Wildman–Crippen LogP) is 2.06. The monoisotopic (exact) mass is 230 g/mol. The molecule has 2 nitrogen and oxygen atoms in total. The zero-order chi connectivity index (χ0) is 11.1. The molecule has 1 fully saturated rings. The second-order valence-corrected chi connectivity index (χ2v) is 6.05. The maximum absolute atomic E-state index is 3.65. The Morgan fingerprint density at radius 2 is 2.27 bits per heavy atom. The van der Waals surface area contributed by atoms with E-state index in [0.29, 0.717) is 6.04 Å². The van der Waals surface area contributed by atoms with Crippen LogP contribution in [-0.4, -0.2) is 48.6 Å². The fourth-order valence-electron chi connectivity index (χ4n) is 2.01. The van der Waals surface area contributed by atoms with Crippen molar-refractivity contribution in [2.45, 2.75) is 33.2 Å². The third kappa shape index (κ3) is 5.23. The molecule has 1 aliphatic heterocycles. The molecule has 15 heavy (non-hydrogen) atoms. The fraction of sp³-hybridized carbons (Fsp3) is 1.00. The highest BCUT2D eigenvalue weighted by atomic mass is 32.2. The second kappa shape index (κ2) is 7.53. The van der Waals surface area contributed by atoms with Gasteiger partial charge in [-0.25, -0.2) is 0 Å². The van der Waals surface area contributed by atoms with E-state index in [9.17, 15) is 0 Å². The van der Waals surface area contributed by atoms with Crippen LogP contribution in [0.1, 0.15) is 27.2 Å². The number of rotatable bonds is 5. The van der Waals surface area contributed by atoms with E-state index in [1.807, 2.05) is 0 Å². The summed E-state index contributed by atoms with van der Waals surface area (Å²) in [5, 5.41) is 3.65. The van der Waals surface area contributed by atoms with Crippen LogP contribution in [0.2, 0.25) is 0 Å². The van der Waals surface area contributed by atoms with Gasteiger partial charge in [0.2, 0.25) is 0 Å². The molecule has 0 aliphatic carbocycles. The Morgan fingerprint density at radius 3 is 2.93 bits per heavy atom. The first-order chi connectivity index (χ1) is 7.24.